The highest BCUT2D eigenvalue weighted by molar-refractivity contribution is 6.33. The van der Waals surface area contributed by atoms with E-state index in [1.807, 2.05) is 0 Å². The average Bonchev–Trinajstić information content (AvgIpc) is 2.95. The van der Waals surface area contributed by atoms with E-state index in [2.05, 4.69) is 15.6 Å². The van der Waals surface area contributed by atoms with Crippen molar-refractivity contribution in [1.82, 2.24) is 20.3 Å². The molecule has 0 atom stereocenters. The van der Waals surface area contributed by atoms with Gasteiger partial charge in [-0.1, -0.05) is 22.9 Å². The highest BCUT2D eigenvalue weighted by Crippen LogP contribution is 2.27. The number of nitro groups is 1. The quantitative estimate of drug-likeness (QED) is 0.496. The summed E-state index contributed by atoms with van der Waals surface area (Å²) in [4.78, 5) is 22.3. The first-order valence-corrected chi connectivity index (χ1v) is 6.52. The lowest BCUT2D eigenvalue weighted by Crippen LogP contribution is -2.26. The number of hydrogen-bond acceptors (Lipinski definition) is 5. The van der Waals surface area contributed by atoms with E-state index in [9.17, 15) is 14.9 Å². The molecule has 21 heavy (non-hydrogen) atoms. The molecule has 0 radical (unpaired) electrons. The van der Waals surface area contributed by atoms with Crippen LogP contribution in [-0.4, -0.2) is 32.4 Å². The Hall–Kier alpha value is -2.48. The molecule has 0 unspecified atom stereocenters. The molecule has 1 aromatic heterocycles. The molecule has 0 aliphatic rings. The smallest absolute Gasteiger partial charge is 0.300 e. The van der Waals surface area contributed by atoms with Gasteiger partial charge in [-0.15, -0.1) is 5.10 Å². The minimum atomic E-state index is -0.660. The number of rotatable bonds is 6. The number of benzene rings is 1. The van der Waals surface area contributed by atoms with Crippen LogP contribution in [0.3, 0.4) is 0 Å². The number of carbonyl (C=O) groups is 1. The maximum Gasteiger partial charge on any atom is 0.300 e. The number of aryl methyl sites for hydroxylation is 1. The van der Waals surface area contributed by atoms with Crippen molar-refractivity contribution in [3.8, 4) is 0 Å². The van der Waals surface area contributed by atoms with Gasteiger partial charge in [-0.25, -0.2) is 0 Å². The summed E-state index contributed by atoms with van der Waals surface area (Å²) in [5, 5.41) is 21.0. The highest BCUT2D eigenvalue weighted by atomic mass is 35.5. The summed E-state index contributed by atoms with van der Waals surface area (Å²) in [6.07, 6.45) is 3.90. The first-order chi connectivity index (χ1) is 10.1. The topological polar surface area (TPSA) is 103 Å². The van der Waals surface area contributed by atoms with Crippen LogP contribution in [0.2, 0.25) is 5.02 Å². The third-order valence-corrected chi connectivity index (χ3v) is 3.04. The van der Waals surface area contributed by atoms with Crippen molar-refractivity contribution in [2.75, 3.05) is 6.54 Å². The molecular formula is C12H12ClN5O3. The predicted molar refractivity (Wildman–Crippen MR) is 75.1 cm³/mol. The van der Waals surface area contributed by atoms with Gasteiger partial charge in [0.25, 0.3) is 5.91 Å². The lowest BCUT2D eigenvalue weighted by Gasteiger charge is -2.06. The van der Waals surface area contributed by atoms with Crippen LogP contribution in [0.1, 0.15) is 16.8 Å². The van der Waals surface area contributed by atoms with Crippen LogP contribution < -0.4 is 5.32 Å². The van der Waals surface area contributed by atoms with Crippen molar-refractivity contribution >= 4 is 23.2 Å². The van der Waals surface area contributed by atoms with Gasteiger partial charge in [0, 0.05) is 19.3 Å². The van der Waals surface area contributed by atoms with Gasteiger partial charge in [0.1, 0.15) is 10.6 Å². The van der Waals surface area contributed by atoms with E-state index in [1.54, 1.807) is 17.1 Å². The summed E-state index contributed by atoms with van der Waals surface area (Å²) in [6, 6.07) is 4.25. The number of nitrogens with zero attached hydrogens (tertiary/aromatic N) is 4. The number of hydrogen-bond donors (Lipinski definition) is 1. The first kappa shape index (κ1) is 14.9. The van der Waals surface area contributed by atoms with Gasteiger partial charge in [-0.2, -0.15) is 0 Å². The lowest BCUT2D eigenvalue weighted by molar-refractivity contribution is -0.385. The van der Waals surface area contributed by atoms with Crippen LogP contribution in [0.4, 0.5) is 5.69 Å². The van der Waals surface area contributed by atoms with Crippen molar-refractivity contribution in [3.05, 3.63) is 51.3 Å². The van der Waals surface area contributed by atoms with E-state index in [1.165, 1.54) is 18.2 Å². The molecule has 0 bridgehead atoms. The van der Waals surface area contributed by atoms with Crippen LogP contribution in [0.5, 0.6) is 0 Å². The van der Waals surface area contributed by atoms with Crippen LogP contribution in [0.25, 0.3) is 0 Å². The van der Waals surface area contributed by atoms with Crippen molar-refractivity contribution < 1.29 is 9.72 Å². The normalized spacial score (nSPS) is 10.3. The molecule has 1 amide bonds. The summed E-state index contributed by atoms with van der Waals surface area (Å²) in [6.45, 7) is 0.959. The standard InChI is InChI=1S/C12H12ClN5O3/c13-10-4-1-3-9(11(10)18(20)21)12(19)14-5-2-7-17-8-6-15-16-17/h1,3-4,6,8H,2,5,7H2,(H,14,19). The summed E-state index contributed by atoms with van der Waals surface area (Å²) < 4.78 is 1.63. The van der Waals surface area contributed by atoms with Crippen molar-refractivity contribution in [2.45, 2.75) is 13.0 Å². The molecule has 8 nitrogen and oxygen atoms in total. The van der Waals surface area contributed by atoms with Crippen LogP contribution in [0.15, 0.2) is 30.6 Å². The number of para-hydroxylation sites is 1. The predicted octanol–water partition coefficient (Wildman–Crippen LogP) is 1.66. The van der Waals surface area contributed by atoms with Crippen molar-refractivity contribution in [1.29, 1.82) is 0 Å². The molecule has 0 spiro atoms. The maximum atomic E-state index is 12.0. The SMILES string of the molecule is O=C(NCCCn1ccnn1)c1cccc(Cl)c1[N+](=O)[O-]. The molecule has 0 saturated heterocycles. The van der Waals surface area contributed by atoms with Gasteiger partial charge in [0.05, 0.1) is 11.1 Å². The molecule has 1 aromatic carbocycles. The largest absolute Gasteiger partial charge is 0.352 e. The highest BCUT2D eigenvalue weighted by Gasteiger charge is 2.23. The second-order valence-electron chi connectivity index (χ2n) is 4.17. The summed E-state index contributed by atoms with van der Waals surface area (Å²) in [5.41, 5.74) is -0.429. The Balaban J connectivity index is 1.94. The fraction of sp³-hybridized carbons (Fsp3) is 0.250. The molecule has 9 heteroatoms. The monoisotopic (exact) mass is 309 g/mol. The molecule has 110 valence electrons. The van der Waals surface area contributed by atoms with Gasteiger partial charge >= 0.3 is 5.69 Å². The average molecular weight is 310 g/mol. The van der Waals surface area contributed by atoms with Gasteiger partial charge in [0.2, 0.25) is 0 Å². The van der Waals surface area contributed by atoms with Gasteiger partial charge in [-0.05, 0) is 18.6 Å². The molecule has 2 rings (SSSR count). The molecule has 0 aliphatic carbocycles. The van der Waals surface area contributed by atoms with Crippen LogP contribution in [0, 0.1) is 10.1 Å². The number of aromatic nitrogens is 3. The molecular weight excluding hydrogens is 298 g/mol. The van der Waals surface area contributed by atoms with E-state index in [0.717, 1.165) is 0 Å². The summed E-state index contributed by atoms with van der Waals surface area (Å²) in [7, 11) is 0. The molecule has 0 saturated carbocycles. The minimum Gasteiger partial charge on any atom is -0.352 e. The Morgan fingerprint density at radius 3 is 2.95 bits per heavy atom. The zero-order valence-electron chi connectivity index (χ0n) is 10.9. The van der Waals surface area contributed by atoms with Gasteiger partial charge in [-0.3, -0.25) is 19.6 Å². The number of amides is 1. The van der Waals surface area contributed by atoms with Crippen LogP contribution >= 0.6 is 11.6 Å². The number of nitrogens with one attached hydrogen (secondary N) is 1. The summed E-state index contributed by atoms with van der Waals surface area (Å²) in [5.74, 6) is -0.525. The third kappa shape index (κ3) is 3.76. The molecule has 0 fully saturated rings. The number of halogens is 1. The number of nitro benzene ring substituents is 1. The second kappa shape index (κ2) is 6.80. The zero-order chi connectivity index (χ0) is 15.2. The fourth-order valence-corrected chi connectivity index (χ4v) is 2.02. The molecule has 2 aromatic rings. The Morgan fingerprint density at radius 1 is 1.48 bits per heavy atom. The van der Waals surface area contributed by atoms with Gasteiger partial charge < -0.3 is 5.32 Å². The van der Waals surface area contributed by atoms with E-state index in [-0.39, 0.29) is 16.3 Å². The zero-order valence-corrected chi connectivity index (χ0v) is 11.7. The Morgan fingerprint density at radius 2 is 2.29 bits per heavy atom. The van der Waals surface area contributed by atoms with E-state index in [4.69, 9.17) is 11.6 Å². The fourth-order valence-electron chi connectivity index (χ4n) is 1.77. The molecule has 1 heterocycles. The van der Waals surface area contributed by atoms with Crippen molar-refractivity contribution in [3.63, 3.8) is 0 Å². The van der Waals surface area contributed by atoms with E-state index >= 15 is 0 Å². The molecule has 1 N–H and O–H groups in total. The molecule has 0 aliphatic heterocycles. The Kier molecular flexibility index (Phi) is 4.83. The Bertz CT molecular complexity index is 644. The second-order valence-corrected chi connectivity index (χ2v) is 4.58. The van der Waals surface area contributed by atoms with Crippen molar-refractivity contribution in [2.24, 2.45) is 0 Å². The van der Waals surface area contributed by atoms with E-state index < -0.39 is 10.8 Å². The third-order valence-electron chi connectivity index (χ3n) is 2.74. The van der Waals surface area contributed by atoms with E-state index in [0.29, 0.717) is 19.5 Å². The Labute approximate surface area is 124 Å². The lowest BCUT2D eigenvalue weighted by atomic mass is 10.1. The van der Waals surface area contributed by atoms with Crippen LogP contribution in [-0.2, 0) is 6.54 Å². The summed E-state index contributed by atoms with van der Waals surface area (Å²) >= 11 is 5.76. The number of carbonyl (C=O) groups excluding carboxylic acids is 1. The minimum absolute atomic E-state index is 0.0479. The first-order valence-electron chi connectivity index (χ1n) is 6.15. The maximum absolute atomic E-state index is 12.0. The van der Waals surface area contributed by atoms with Gasteiger partial charge in [0.15, 0.2) is 0 Å².